The van der Waals surface area contributed by atoms with Crippen LogP contribution in [0.4, 0.5) is 11.4 Å². The van der Waals surface area contributed by atoms with E-state index in [2.05, 4.69) is 15.5 Å². The molecular formula is C17H13N5O5S. The largest absolute Gasteiger partial charge is 0.303 e. The number of nitro benzene ring substituents is 2. The minimum atomic E-state index is -0.547. The summed E-state index contributed by atoms with van der Waals surface area (Å²) in [6, 6.07) is 12.0. The summed E-state index contributed by atoms with van der Waals surface area (Å²) in [5.74, 6) is -0.299. The van der Waals surface area contributed by atoms with Gasteiger partial charge in [0.25, 0.3) is 11.4 Å². The fourth-order valence-electron chi connectivity index (χ4n) is 2.48. The lowest BCUT2D eigenvalue weighted by Gasteiger charge is -2.05. The molecule has 142 valence electrons. The highest BCUT2D eigenvalue weighted by Crippen LogP contribution is 2.27. The first kappa shape index (κ1) is 19.2. The maximum atomic E-state index is 12.1. The predicted molar refractivity (Wildman–Crippen MR) is 104 cm³/mol. The molecule has 1 fully saturated rings. The summed E-state index contributed by atoms with van der Waals surface area (Å²) in [5, 5.41) is 31.8. The lowest BCUT2D eigenvalue weighted by atomic mass is 10.1. The van der Waals surface area contributed by atoms with E-state index in [0.717, 1.165) is 11.8 Å². The molecule has 1 aliphatic rings. The zero-order valence-corrected chi connectivity index (χ0v) is 15.0. The van der Waals surface area contributed by atoms with Crippen LogP contribution in [0.2, 0.25) is 0 Å². The Morgan fingerprint density at radius 3 is 2.46 bits per heavy atom. The van der Waals surface area contributed by atoms with Crippen molar-refractivity contribution in [1.29, 1.82) is 0 Å². The third-order valence-electron chi connectivity index (χ3n) is 3.83. The third-order valence-corrected chi connectivity index (χ3v) is 4.90. The molecule has 1 unspecified atom stereocenters. The van der Waals surface area contributed by atoms with E-state index in [1.54, 1.807) is 18.2 Å². The van der Waals surface area contributed by atoms with Gasteiger partial charge in [0.05, 0.1) is 21.3 Å². The molecular weight excluding hydrogens is 386 g/mol. The van der Waals surface area contributed by atoms with Crippen LogP contribution in [0, 0.1) is 20.2 Å². The van der Waals surface area contributed by atoms with Gasteiger partial charge in [-0.1, -0.05) is 30.0 Å². The Hall–Kier alpha value is -3.60. The van der Waals surface area contributed by atoms with E-state index >= 15 is 0 Å². The molecule has 2 aromatic rings. The Balaban J connectivity index is 1.65. The molecule has 10 nitrogen and oxygen atoms in total. The molecule has 0 aromatic heterocycles. The molecule has 0 saturated carbocycles. The number of nitrogens with zero attached hydrogens (tertiary/aromatic N) is 4. The first-order valence-electron chi connectivity index (χ1n) is 7.99. The Kier molecular flexibility index (Phi) is 5.75. The van der Waals surface area contributed by atoms with Crippen LogP contribution in [0.15, 0.2) is 58.7 Å². The van der Waals surface area contributed by atoms with Crippen LogP contribution in [0.25, 0.3) is 0 Å². The van der Waals surface area contributed by atoms with Crippen molar-refractivity contribution < 1.29 is 14.6 Å². The van der Waals surface area contributed by atoms with Crippen molar-refractivity contribution >= 4 is 40.4 Å². The van der Waals surface area contributed by atoms with Crippen molar-refractivity contribution in [2.24, 2.45) is 10.2 Å². The fraction of sp³-hybridized carbons (Fsp3) is 0.118. The Bertz CT molecular complexity index is 990. The lowest BCUT2D eigenvalue weighted by Crippen LogP contribution is -2.26. The number of nitrogens with one attached hydrogen (secondary N) is 1. The number of non-ortho nitro benzene ring substituents is 1. The summed E-state index contributed by atoms with van der Waals surface area (Å²) in [6.07, 6.45) is 1.59. The maximum absolute atomic E-state index is 12.1. The monoisotopic (exact) mass is 399 g/mol. The van der Waals surface area contributed by atoms with Gasteiger partial charge in [0.15, 0.2) is 5.17 Å². The van der Waals surface area contributed by atoms with Gasteiger partial charge in [0.2, 0.25) is 5.91 Å². The number of rotatable bonds is 6. The van der Waals surface area contributed by atoms with Gasteiger partial charge in [0.1, 0.15) is 0 Å². The van der Waals surface area contributed by atoms with Crippen LogP contribution in [0.5, 0.6) is 0 Å². The molecule has 1 saturated heterocycles. The number of amides is 1. The molecule has 11 heteroatoms. The van der Waals surface area contributed by atoms with Crippen molar-refractivity contribution in [3.63, 3.8) is 0 Å². The third kappa shape index (κ3) is 4.57. The predicted octanol–water partition coefficient (Wildman–Crippen LogP) is 2.67. The summed E-state index contributed by atoms with van der Waals surface area (Å²) in [5.41, 5.74) is 1.02. The highest BCUT2D eigenvalue weighted by atomic mass is 32.2. The van der Waals surface area contributed by atoms with E-state index < -0.39 is 15.1 Å². The molecule has 28 heavy (non-hydrogen) atoms. The molecule has 2 aromatic carbocycles. The van der Waals surface area contributed by atoms with Gasteiger partial charge in [-0.25, -0.2) is 0 Å². The van der Waals surface area contributed by atoms with Crippen LogP contribution in [0.1, 0.15) is 11.1 Å². The molecule has 0 spiro atoms. The molecule has 0 bridgehead atoms. The molecule has 3 rings (SSSR count). The average Bonchev–Trinajstić information content (AvgIpc) is 3.01. The van der Waals surface area contributed by atoms with Gasteiger partial charge in [-0.3, -0.25) is 25.0 Å². The van der Waals surface area contributed by atoms with E-state index in [-0.39, 0.29) is 28.9 Å². The zero-order chi connectivity index (χ0) is 20.1. The van der Waals surface area contributed by atoms with Gasteiger partial charge >= 0.3 is 0 Å². The van der Waals surface area contributed by atoms with Crippen molar-refractivity contribution in [1.82, 2.24) is 5.32 Å². The number of hydrogen-bond acceptors (Lipinski definition) is 8. The van der Waals surface area contributed by atoms with Crippen molar-refractivity contribution in [3.05, 3.63) is 79.9 Å². The second-order valence-corrected chi connectivity index (χ2v) is 6.88. The van der Waals surface area contributed by atoms with Gasteiger partial charge in [0, 0.05) is 30.2 Å². The number of amidine groups is 1. The van der Waals surface area contributed by atoms with E-state index in [1.165, 1.54) is 36.5 Å². The van der Waals surface area contributed by atoms with Gasteiger partial charge < -0.3 is 5.32 Å². The summed E-state index contributed by atoms with van der Waals surface area (Å²) in [6.45, 7) is 0. The number of hydrogen-bond donors (Lipinski definition) is 1. The number of carbonyl (C=O) groups excluding carboxylic acids is 1. The first-order chi connectivity index (χ1) is 13.4. The molecule has 1 heterocycles. The van der Waals surface area contributed by atoms with Crippen LogP contribution in [-0.2, 0) is 11.2 Å². The fourth-order valence-corrected chi connectivity index (χ4v) is 3.43. The first-order valence-corrected chi connectivity index (χ1v) is 8.87. The molecule has 1 N–H and O–H groups in total. The Morgan fingerprint density at radius 1 is 1.07 bits per heavy atom. The second kappa shape index (κ2) is 8.39. The summed E-state index contributed by atoms with van der Waals surface area (Å²) < 4.78 is 0. The zero-order valence-electron chi connectivity index (χ0n) is 14.2. The van der Waals surface area contributed by atoms with E-state index in [9.17, 15) is 25.0 Å². The van der Waals surface area contributed by atoms with Crippen LogP contribution < -0.4 is 5.32 Å². The molecule has 1 atom stereocenters. The number of thioether (sulfide) groups is 1. The van der Waals surface area contributed by atoms with E-state index in [0.29, 0.717) is 11.1 Å². The van der Waals surface area contributed by atoms with Crippen LogP contribution >= 0.6 is 11.8 Å². The summed E-state index contributed by atoms with van der Waals surface area (Å²) in [7, 11) is 0. The van der Waals surface area contributed by atoms with Crippen LogP contribution in [0.3, 0.4) is 0 Å². The normalized spacial score (nSPS) is 17.8. The average molecular weight is 399 g/mol. The molecule has 1 amide bonds. The standard InChI is InChI=1S/C17H13N5O5S/c23-16-15(9-12-3-1-2-4-14(12)22(26)27)28-17(19-16)20-18-10-11-5-7-13(8-6-11)21(24)25/h1-8,10,15H,9H2,(H,19,20,23)/b18-10-. The minimum Gasteiger partial charge on any atom is -0.303 e. The van der Waals surface area contributed by atoms with Gasteiger partial charge in [-0.15, -0.1) is 5.10 Å². The molecule has 1 aliphatic heterocycles. The maximum Gasteiger partial charge on any atom is 0.272 e. The quantitative estimate of drug-likeness (QED) is 0.450. The smallest absolute Gasteiger partial charge is 0.272 e. The summed E-state index contributed by atoms with van der Waals surface area (Å²) in [4.78, 5) is 32.8. The number of nitro groups is 2. The minimum absolute atomic E-state index is 0.0278. The SMILES string of the molecule is O=C1N/C(=N\N=C/c2ccc([N+](=O)[O-])cc2)SC1Cc1ccccc1[N+](=O)[O-]. The van der Waals surface area contributed by atoms with E-state index in [1.807, 2.05) is 0 Å². The highest BCUT2D eigenvalue weighted by molar-refractivity contribution is 8.15. The number of carbonyl (C=O) groups is 1. The Morgan fingerprint density at radius 2 is 1.79 bits per heavy atom. The number of para-hydroxylation sites is 1. The highest BCUT2D eigenvalue weighted by Gasteiger charge is 2.32. The van der Waals surface area contributed by atoms with Crippen molar-refractivity contribution in [2.45, 2.75) is 11.7 Å². The molecule has 0 radical (unpaired) electrons. The molecule has 0 aliphatic carbocycles. The van der Waals surface area contributed by atoms with Crippen LogP contribution in [-0.4, -0.2) is 32.4 Å². The summed E-state index contributed by atoms with van der Waals surface area (Å²) >= 11 is 1.14. The second-order valence-electron chi connectivity index (χ2n) is 5.68. The van der Waals surface area contributed by atoms with E-state index in [4.69, 9.17) is 0 Å². The number of benzene rings is 2. The van der Waals surface area contributed by atoms with Gasteiger partial charge in [-0.2, -0.15) is 5.10 Å². The van der Waals surface area contributed by atoms with Crippen molar-refractivity contribution in [3.8, 4) is 0 Å². The topological polar surface area (TPSA) is 140 Å². The van der Waals surface area contributed by atoms with Crippen molar-refractivity contribution in [2.75, 3.05) is 0 Å². The lowest BCUT2D eigenvalue weighted by molar-refractivity contribution is -0.385. The Labute approximate surface area is 162 Å². The van der Waals surface area contributed by atoms with Gasteiger partial charge in [-0.05, 0) is 17.7 Å².